The molecule has 0 unspecified atom stereocenters. The summed E-state index contributed by atoms with van der Waals surface area (Å²) in [5.74, 6) is -0.0756. The van der Waals surface area contributed by atoms with Crippen molar-refractivity contribution in [2.45, 2.75) is 39.0 Å². The van der Waals surface area contributed by atoms with Gasteiger partial charge in [0.15, 0.2) is 5.78 Å². The topological polar surface area (TPSA) is 75.3 Å². The molecule has 2 heterocycles. The maximum absolute atomic E-state index is 12.2. The van der Waals surface area contributed by atoms with E-state index in [2.05, 4.69) is 17.8 Å². The van der Waals surface area contributed by atoms with Crippen LogP contribution in [0.5, 0.6) is 0 Å². The van der Waals surface area contributed by atoms with Crippen molar-refractivity contribution < 1.29 is 14.4 Å². The molecule has 0 spiro atoms. The number of hydrogen-bond donors (Lipinski definition) is 2. The number of amides is 2. The highest BCUT2D eigenvalue weighted by Crippen LogP contribution is 2.32. The number of rotatable bonds is 5. The second kappa shape index (κ2) is 7.93. The Kier molecular flexibility index (Phi) is 5.65. The van der Waals surface area contributed by atoms with Crippen molar-refractivity contribution in [3.63, 3.8) is 0 Å². The van der Waals surface area contributed by atoms with Crippen molar-refractivity contribution in [3.8, 4) is 0 Å². The van der Waals surface area contributed by atoms with Crippen LogP contribution in [0.4, 0.5) is 0 Å². The molecule has 2 aromatic heterocycles. The van der Waals surface area contributed by atoms with Crippen LogP contribution in [0.25, 0.3) is 0 Å². The molecule has 0 saturated carbocycles. The zero-order valence-corrected chi connectivity index (χ0v) is 15.6. The Bertz CT molecular complexity index is 780. The summed E-state index contributed by atoms with van der Waals surface area (Å²) in [6, 6.07) is 5.48. The van der Waals surface area contributed by atoms with Gasteiger partial charge in [-0.15, -0.1) is 22.7 Å². The molecule has 25 heavy (non-hydrogen) atoms. The number of fused-ring (bicyclic) bond motifs is 1. The number of hydrogen-bond acceptors (Lipinski definition) is 5. The largest absolute Gasteiger partial charge is 0.293 e. The molecule has 0 radical (unpaired) electrons. The Labute approximate surface area is 154 Å². The fourth-order valence-corrected chi connectivity index (χ4v) is 4.65. The predicted molar refractivity (Wildman–Crippen MR) is 99.0 cm³/mol. The SMILES string of the molecule is C[C@H]1CCc2sc(C(=O)NNC(=O)CCC(=O)c3cccs3)cc2C1. The lowest BCUT2D eigenvalue weighted by molar-refractivity contribution is -0.121. The van der Waals surface area contributed by atoms with E-state index in [4.69, 9.17) is 0 Å². The van der Waals surface area contributed by atoms with E-state index in [-0.39, 0.29) is 30.4 Å². The van der Waals surface area contributed by atoms with E-state index in [1.807, 2.05) is 11.4 Å². The number of carbonyl (C=O) groups is 3. The lowest BCUT2D eigenvalue weighted by atomic mass is 9.90. The summed E-state index contributed by atoms with van der Waals surface area (Å²) in [4.78, 5) is 38.4. The molecule has 1 aliphatic rings. The van der Waals surface area contributed by atoms with E-state index >= 15 is 0 Å². The third kappa shape index (κ3) is 4.55. The fourth-order valence-electron chi connectivity index (χ4n) is 2.86. The van der Waals surface area contributed by atoms with E-state index in [0.717, 1.165) is 19.3 Å². The number of aryl methyl sites for hydroxylation is 1. The van der Waals surface area contributed by atoms with Gasteiger partial charge in [0.2, 0.25) is 5.91 Å². The van der Waals surface area contributed by atoms with Gasteiger partial charge in [0.1, 0.15) is 0 Å². The minimum absolute atomic E-state index is 0.0511. The van der Waals surface area contributed by atoms with Gasteiger partial charge in [0.25, 0.3) is 5.91 Å². The van der Waals surface area contributed by atoms with Gasteiger partial charge in [-0.2, -0.15) is 0 Å². The third-order valence-electron chi connectivity index (χ3n) is 4.24. The minimum atomic E-state index is -0.367. The number of hydrazine groups is 1. The van der Waals surface area contributed by atoms with Crippen LogP contribution in [0.2, 0.25) is 0 Å². The molecule has 1 atom stereocenters. The number of ketones is 1. The molecule has 2 amide bonds. The molecule has 5 nitrogen and oxygen atoms in total. The Morgan fingerprint density at radius 1 is 1.20 bits per heavy atom. The Balaban J connectivity index is 1.46. The molecule has 132 valence electrons. The molecule has 0 aliphatic heterocycles. The van der Waals surface area contributed by atoms with E-state index < -0.39 is 0 Å². The summed E-state index contributed by atoms with van der Waals surface area (Å²) in [5.41, 5.74) is 6.08. The number of thiophene rings is 2. The molecule has 0 aromatic carbocycles. The van der Waals surface area contributed by atoms with Crippen LogP contribution >= 0.6 is 22.7 Å². The third-order valence-corrected chi connectivity index (χ3v) is 6.39. The highest BCUT2D eigenvalue weighted by atomic mass is 32.1. The summed E-state index contributed by atoms with van der Waals surface area (Å²) in [6.07, 6.45) is 3.37. The van der Waals surface area contributed by atoms with Gasteiger partial charge in [-0.3, -0.25) is 25.2 Å². The molecular weight excluding hydrogens is 356 g/mol. The fraction of sp³-hybridized carbons (Fsp3) is 0.389. The maximum atomic E-state index is 12.2. The van der Waals surface area contributed by atoms with Crippen molar-refractivity contribution in [2.75, 3.05) is 0 Å². The summed E-state index contributed by atoms with van der Waals surface area (Å²) in [6.45, 7) is 2.22. The molecule has 3 rings (SSSR count). The molecular formula is C18H20N2O3S2. The van der Waals surface area contributed by atoms with Gasteiger partial charge in [0.05, 0.1) is 9.75 Å². The van der Waals surface area contributed by atoms with Gasteiger partial charge < -0.3 is 0 Å². The highest BCUT2D eigenvalue weighted by Gasteiger charge is 2.21. The Morgan fingerprint density at radius 2 is 2.04 bits per heavy atom. The van der Waals surface area contributed by atoms with E-state index in [9.17, 15) is 14.4 Å². The number of Topliss-reactive ketones (excluding diaryl/α,β-unsaturated/α-hetero) is 1. The average Bonchev–Trinajstić information content (AvgIpc) is 3.26. The standard InChI is InChI=1S/C18H20N2O3S2/c1-11-4-6-14-12(9-11)10-16(25-14)18(23)20-19-17(22)7-5-13(21)15-3-2-8-24-15/h2-3,8,10-11H,4-7,9H2,1H3,(H,19,22)(H,20,23)/t11-/m0/s1. The molecule has 2 N–H and O–H groups in total. The van der Waals surface area contributed by atoms with Crippen LogP contribution in [-0.2, 0) is 17.6 Å². The summed E-state index contributed by atoms with van der Waals surface area (Å²) in [7, 11) is 0. The van der Waals surface area contributed by atoms with Crippen LogP contribution in [0.15, 0.2) is 23.6 Å². The molecule has 7 heteroatoms. The lowest BCUT2D eigenvalue weighted by Gasteiger charge is -2.16. The maximum Gasteiger partial charge on any atom is 0.279 e. The summed E-state index contributed by atoms with van der Waals surface area (Å²) in [5, 5.41) is 1.83. The van der Waals surface area contributed by atoms with Gasteiger partial charge in [-0.05, 0) is 48.3 Å². The Morgan fingerprint density at radius 3 is 2.80 bits per heavy atom. The Hall–Kier alpha value is -1.99. The number of carbonyl (C=O) groups excluding carboxylic acids is 3. The van der Waals surface area contributed by atoms with Gasteiger partial charge in [-0.1, -0.05) is 13.0 Å². The monoisotopic (exact) mass is 376 g/mol. The quantitative estimate of drug-likeness (QED) is 0.621. The zero-order valence-electron chi connectivity index (χ0n) is 14.0. The van der Waals surface area contributed by atoms with Crippen LogP contribution in [-0.4, -0.2) is 17.6 Å². The zero-order chi connectivity index (χ0) is 17.8. The van der Waals surface area contributed by atoms with Gasteiger partial charge >= 0.3 is 0 Å². The van der Waals surface area contributed by atoms with E-state index in [0.29, 0.717) is 15.7 Å². The number of nitrogens with one attached hydrogen (secondary N) is 2. The van der Waals surface area contributed by atoms with Crippen LogP contribution in [0.1, 0.15) is 56.0 Å². The lowest BCUT2D eigenvalue weighted by Crippen LogP contribution is -2.41. The second-order valence-corrected chi connectivity index (χ2v) is 8.39. The van der Waals surface area contributed by atoms with Gasteiger partial charge in [-0.25, -0.2) is 0 Å². The average molecular weight is 377 g/mol. The van der Waals surface area contributed by atoms with Crippen LogP contribution in [0.3, 0.4) is 0 Å². The first-order valence-electron chi connectivity index (χ1n) is 8.30. The molecule has 0 fully saturated rings. The van der Waals surface area contributed by atoms with Crippen molar-refractivity contribution in [1.82, 2.24) is 10.9 Å². The molecule has 0 saturated heterocycles. The van der Waals surface area contributed by atoms with Crippen molar-refractivity contribution in [1.29, 1.82) is 0 Å². The van der Waals surface area contributed by atoms with E-state index in [1.165, 1.54) is 33.1 Å². The molecule has 2 aromatic rings. The molecule has 0 bridgehead atoms. The van der Waals surface area contributed by atoms with Crippen LogP contribution < -0.4 is 10.9 Å². The normalized spacial score (nSPS) is 16.1. The predicted octanol–water partition coefficient (Wildman–Crippen LogP) is 3.36. The van der Waals surface area contributed by atoms with Crippen molar-refractivity contribution in [2.24, 2.45) is 5.92 Å². The smallest absolute Gasteiger partial charge is 0.279 e. The first-order chi connectivity index (χ1) is 12.0. The second-order valence-electron chi connectivity index (χ2n) is 6.31. The van der Waals surface area contributed by atoms with E-state index in [1.54, 1.807) is 12.1 Å². The summed E-state index contributed by atoms with van der Waals surface area (Å²) < 4.78 is 0. The van der Waals surface area contributed by atoms with Gasteiger partial charge in [0, 0.05) is 17.7 Å². The first-order valence-corrected chi connectivity index (χ1v) is 10.00. The van der Waals surface area contributed by atoms with Crippen molar-refractivity contribution >= 4 is 40.3 Å². The highest BCUT2D eigenvalue weighted by molar-refractivity contribution is 7.14. The van der Waals surface area contributed by atoms with Crippen molar-refractivity contribution in [3.05, 3.63) is 43.8 Å². The first kappa shape index (κ1) is 17.8. The minimum Gasteiger partial charge on any atom is -0.293 e. The summed E-state index contributed by atoms with van der Waals surface area (Å²) >= 11 is 2.86. The molecule has 1 aliphatic carbocycles. The van der Waals surface area contributed by atoms with Crippen LogP contribution in [0, 0.1) is 5.92 Å².